The lowest BCUT2D eigenvalue weighted by molar-refractivity contribution is -0.159. The summed E-state index contributed by atoms with van der Waals surface area (Å²) in [5.74, 6) is 5.39. The number of carbonyl (C=O) groups is 1. The number of hydrogen-bond acceptors (Lipinski definition) is 13. The molecule has 1 saturated heterocycles. The highest BCUT2D eigenvalue weighted by molar-refractivity contribution is 7.17. The largest absolute Gasteiger partial charge is 0.462 e. The van der Waals surface area contributed by atoms with Gasteiger partial charge in [-0.3, -0.25) is 9.63 Å². The molecule has 0 spiro atoms. The molecule has 14 nitrogen and oxygen atoms in total. The van der Waals surface area contributed by atoms with Crippen LogP contribution in [-0.2, 0) is 23.7 Å². The molecule has 1 aliphatic heterocycles. The van der Waals surface area contributed by atoms with Gasteiger partial charge in [0.15, 0.2) is 17.6 Å². The van der Waals surface area contributed by atoms with E-state index in [0.717, 1.165) is 0 Å². The SMILES string of the molecule is CC(C)OC(=O)[C@H](C)NOC[C@@]1(C#Cc2ccccc2OP=O)O[C@@H](n2ccc3c(N)nc(N)nc32)C(O)C1O. The summed E-state index contributed by atoms with van der Waals surface area (Å²) in [5.41, 5.74) is 13.1. The predicted molar refractivity (Wildman–Crippen MR) is 143 cm³/mol. The number of aliphatic hydroxyl groups excluding tert-OH is 2. The van der Waals surface area contributed by atoms with Gasteiger partial charge in [-0.2, -0.15) is 15.4 Å². The van der Waals surface area contributed by atoms with Crippen molar-refractivity contribution in [2.45, 2.75) is 57.0 Å². The Morgan fingerprint density at radius 3 is 2.73 bits per heavy atom. The lowest BCUT2D eigenvalue weighted by atomic mass is 9.96. The van der Waals surface area contributed by atoms with Crippen molar-refractivity contribution < 1.29 is 38.4 Å². The molecule has 40 heavy (non-hydrogen) atoms. The third kappa shape index (κ3) is 6.00. The molecule has 0 aliphatic carbocycles. The zero-order valence-electron chi connectivity index (χ0n) is 21.8. The summed E-state index contributed by atoms with van der Waals surface area (Å²) in [4.78, 5) is 25.9. The molecule has 1 aliphatic rings. The maximum atomic E-state index is 12.2. The van der Waals surface area contributed by atoms with Crippen LogP contribution in [0.25, 0.3) is 11.0 Å². The molecule has 3 aromatic rings. The van der Waals surface area contributed by atoms with Gasteiger partial charge in [-0.15, -0.1) is 0 Å². The number of benzene rings is 1. The zero-order chi connectivity index (χ0) is 29.0. The molecular weight excluding hydrogens is 543 g/mol. The van der Waals surface area contributed by atoms with Gasteiger partial charge in [-0.1, -0.05) is 24.0 Å². The monoisotopic (exact) mass is 572 g/mol. The molecule has 2 aromatic heterocycles. The number of aromatic nitrogens is 3. The number of nitrogen functional groups attached to an aromatic ring is 2. The van der Waals surface area contributed by atoms with Gasteiger partial charge in [0.1, 0.15) is 36.3 Å². The van der Waals surface area contributed by atoms with Gasteiger partial charge in [0.25, 0.3) is 0 Å². The van der Waals surface area contributed by atoms with E-state index >= 15 is 0 Å². The summed E-state index contributed by atoms with van der Waals surface area (Å²) in [6.07, 6.45) is -3.10. The lowest BCUT2D eigenvalue weighted by Gasteiger charge is -2.27. The number of anilines is 2. The average molecular weight is 573 g/mol. The van der Waals surface area contributed by atoms with Crippen molar-refractivity contribution in [3.8, 4) is 17.6 Å². The minimum absolute atomic E-state index is 0.0897. The Balaban J connectivity index is 1.69. The van der Waals surface area contributed by atoms with Crippen molar-refractivity contribution in [1.82, 2.24) is 20.0 Å². The molecule has 3 heterocycles. The number of hydrogen-bond donors (Lipinski definition) is 5. The van der Waals surface area contributed by atoms with Crippen molar-refractivity contribution in [1.29, 1.82) is 0 Å². The van der Waals surface area contributed by atoms with Crippen LogP contribution >= 0.6 is 8.69 Å². The third-order valence-corrected chi connectivity index (χ3v) is 6.27. The van der Waals surface area contributed by atoms with Gasteiger partial charge in [0, 0.05) is 6.20 Å². The van der Waals surface area contributed by atoms with Crippen LogP contribution in [0.2, 0.25) is 0 Å². The Morgan fingerprint density at radius 1 is 1.25 bits per heavy atom. The van der Waals surface area contributed by atoms with E-state index in [2.05, 4.69) is 27.3 Å². The van der Waals surface area contributed by atoms with E-state index in [4.69, 9.17) is 30.3 Å². The number of esters is 1. The third-order valence-electron chi connectivity index (χ3n) is 6.00. The molecule has 1 aromatic carbocycles. The van der Waals surface area contributed by atoms with Crippen LogP contribution in [0, 0.1) is 11.8 Å². The molecule has 0 bridgehead atoms. The highest BCUT2D eigenvalue weighted by Gasteiger charge is 2.55. The standard InChI is InChI=1S/C25H29N6O8P/c1-13(2)37-23(34)14(3)30-36-12-25(10-8-15-6-4-5-7-17(15)39-40-35)19(33)18(32)22(38-25)31-11-9-16-20(26)28-24(27)29-21(16)31/h4-7,9,11,13-14,18-19,22,30,32-33H,12H2,1-3H3,(H4,26,27,28,29)/t14-,18?,19?,22+,25+/m0/s1. The molecule has 4 rings (SSSR count). The van der Waals surface area contributed by atoms with Crippen LogP contribution in [0.4, 0.5) is 11.8 Å². The highest BCUT2D eigenvalue weighted by Crippen LogP contribution is 2.39. The quantitative estimate of drug-likeness (QED) is 0.105. The highest BCUT2D eigenvalue weighted by atomic mass is 31.1. The van der Waals surface area contributed by atoms with Crippen molar-refractivity contribution in [2.24, 2.45) is 0 Å². The van der Waals surface area contributed by atoms with Crippen molar-refractivity contribution >= 4 is 37.5 Å². The molecule has 0 saturated carbocycles. The van der Waals surface area contributed by atoms with Gasteiger partial charge in [-0.05, 0) is 39.0 Å². The Hall–Kier alpha value is -3.83. The van der Waals surface area contributed by atoms with Gasteiger partial charge < -0.3 is 40.2 Å². The van der Waals surface area contributed by atoms with Crippen molar-refractivity contribution in [2.75, 3.05) is 18.1 Å². The van der Waals surface area contributed by atoms with E-state index in [1.54, 1.807) is 50.4 Å². The Labute approximate surface area is 230 Å². The summed E-state index contributed by atoms with van der Waals surface area (Å²) in [7, 11) is -0.582. The second-order valence-corrected chi connectivity index (χ2v) is 9.62. The predicted octanol–water partition coefficient (Wildman–Crippen LogP) is 1.08. The Bertz CT molecular complexity index is 1460. The number of nitrogens with one attached hydrogen (secondary N) is 1. The minimum Gasteiger partial charge on any atom is -0.462 e. The number of nitrogens with zero attached hydrogens (tertiary/aromatic N) is 3. The smallest absolute Gasteiger partial charge is 0.395 e. The number of hydroxylamine groups is 1. The van der Waals surface area contributed by atoms with Crippen LogP contribution in [0.3, 0.4) is 0 Å². The minimum atomic E-state index is -1.83. The summed E-state index contributed by atoms with van der Waals surface area (Å²) in [6.45, 7) is 4.52. The maximum Gasteiger partial charge on any atom is 0.395 e. The van der Waals surface area contributed by atoms with Crippen molar-refractivity contribution in [3.05, 3.63) is 42.1 Å². The van der Waals surface area contributed by atoms with Gasteiger partial charge in [-0.25, -0.2) is 4.57 Å². The second kappa shape index (κ2) is 12.1. The number of nitrogens with two attached hydrogens (primary N) is 2. The van der Waals surface area contributed by atoms with E-state index < -0.39 is 51.3 Å². The van der Waals surface area contributed by atoms with Crippen LogP contribution in [-0.4, -0.2) is 67.3 Å². The fourth-order valence-corrected chi connectivity index (χ4v) is 4.30. The summed E-state index contributed by atoms with van der Waals surface area (Å²) in [6, 6.07) is 7.28. The van der Waals surface area contributed by atoms with E-state index in [0.29, 0.717) is 10.9 Å². The first-order chi connectivity index (χ1) is 19.1. The molecule has 212 valence electrons. The maximum absolute atomic E-state index is 12.2. The van der Waals surface area contributed by atoms with Crippen LogP contribution in [0.15, 0.2) is 36.5 Å². The van der Waals surface area contributed by atoms with Crippen LogP contribution < -0.4 is 21.5 Å². The molecule has 1 fully saturated rings. The van der Waals surface area contributed by atoms with Gasteiger partial charge in [0.05, 0.1) is 17.1 Å². The second-order valence-electron chi connectivity index (χ2n) is 9.29. The van der Waals surface area contributed by atoms with E-state index in [1.807, 2.05) is 0 Å². The number of ether oxygens (including phenoxy) is 2. The van der Waals surface area contributed by atoms with E-state index in [1.165, 1.54) is 11.5 Å². The van der Waals surface area contributed by atoms with Crippen molar-refractivity contribution in [3.63, 3.8) is 0 Å². The molecule has 15 heteroatoms. The fraction of sp³-hybridized carbons (Fsp3) is 0.400. The fourth-order valence-electron chi connectivity index (χ4n) is 4.07. The molecule has 2 unspecified atom stereocenters. The van der Waals surface area contributed by atoms with Gasteiger partial charge >= 0.3 is 14.7 Å². The number of fused-ring (bicyclic) bond motifs is 1. The first-order valence-corrected chi connectivity index (χ1v) is 12.9. The number of rotatable bonds is 9. The molecule has 5 atom stereocenters. The van der Waals surface area contributed by atoms with E-state index in [-0.39, 0.29) is 29.3 Å². The molecule has 0 amide bonds. The number of aliphatic hydroxyl groups is 2. The summed E-state index contributed by atoms with van der Waals surface area (Å²) in [5, 5.41) is 22.8. The normalized spacial score (nSPS) is 23.2. The van der Waals surface area contributed by atoms with E-state index in [9.17, 15) is 19.6 Å². The van der Waals surface area contributed by atoms with Gasteiger partial charge in [0.2, 0.25) is 5.95 Å². The first-order valence-electron chi connectivity index (χ1n) is 12.2. The summed E-state index contributed by atoms with van der Waals surface area (Å²) >= 11 is 0. The number of carbonyl (C=O) groups excluding carboxylic acids is 1. The lowest BCUT2D eigenvalue weighted by Crippen LogP contribution is -2.48. The average Bonchev–Trinajstić information content (AvgIpc) is 3.43. The molecule has 7 N–H and O–H groups in total. The first kappa shape index (κ1) is 29.2. The topological polar surface area (TPSA) is 206 Å². The molecular formula is C25H29N6O8P. The molecule has 0 radical (unpaired) electrons. The summed E-state index contributed by atoms with van der Waals surface area (Å²) < 4.78 is 28.9. The Kier molecular flexibility index (Phi) is 8.85. The van der Waals surface area contributed by atoms with Crippen LogP contribution in [0.1, 0.15) is 32.6 Å². The Morgan fingerprint density at radius 2 is 2.00 bits per heavy atom. The number of para-hydroxylation sites is 1. The zero-order valence-corrected chi connectivity index (χ0v) is 22.7. The van der Waals surface area contributed by atoms with Crippen LogP contribution in [0.5, 0.6) is 5.75 Å².